The van der Waals surface area contributed by atoms with Crippen molar-refractivity contribution in [3.63, 3.8) is 0 Å². The number of nitrogens with zero attached hydrogens (tertiary/aromatic N) is 2. The first-order valence-electron chi connectivity index (χ1n) is 8.97. The van der Waals surface area contributed by atoms with E-state index in [1.807, 2.05) is 0 Å². The predicted octanol–water partition coefficient (Wildman–Crippen LogP) is 2.55. The van der Waals surface area contributed by atoms with E-state index in [2.05, 4.69) is 22.0 Å². The van der Waals surface area contributed by atoms with E-state index in [1.165, 1.54) is 25.7 Å². The Labute approximate surface area is 153 Å². The number of piperidine rings is 1. The van der Waals surface area contributed by atoms with Gasteiger partial charge in [0.2, 0.25) is 5.91 Å². The number of amides is 1. The van der Waals surface area contributed by atoms with Crippen LogP contribution in [0.15, 0.2) is 0 Å². The lowest BCUT2D eigenvalue weighted by Gasteiger charge is -2.42. The minimum Gasteiger partial charge on any atom is -0.340 e. The average Bonchev–Trinajstić information content (AvgIpc) is 2.56. The molecule has 1 atom stereocenters. The largest absolute Gasteiger partial charge is 0.340 e. The topological polar surface area (TPSA) is 35.6 Å². The lowest BCUT2D eigenvalue weighted by molar-refractivity contribution is -0.138. The molecule has 1 N–H and O–H groups in total. The van der Waals surface area contributed by atoms with Crippen LogP contribution in [-0.4, -0.2) is 61.0 Å². The zero-order chi connectivity index (χ0) is 14.7. The van der Waals surface area contributed by atoms with Gasteiger partial charge in [0.1, 0.15) is 0 Å². The van der Waals surface area contributed by atoms with Crippen molar-refractivity contribution in [2.24, 2.45) is 11.8 Å². The minimum atomic E-state index is 0. The third-order valence-corrected chi connectivity index (χ3v) is 5.77. The molecule has 1 unspecified atom stereocenters. The molecule has 1 aliphatic carbocycles. The smallest absolute Gasteiger partial charge is 0.227 e. The standard InChI is InChI=1S/C17H31N3O.2ClH/c1-14-4-6-16(7-5-14)19-9-11-20(12-10-19)17(21)15-3-2-8-18-13-15;;/h14-16,18H,2-13H2,1H3;2*1H. The van der Waals surface area contributed by atoms with Crippen molar-refractivity contribution >= 4 is 30.7 Å². The molecule has 136 valence electrons. The molecule has 2 aliphatic heterocycles. The Bertz CT molecular complexity index is 348. The van der Waals surface area contributed by atoms with Crippen LogP contribution in [0.3, 0.4) is 0 Å². The fourth-order valence-corrected chi connectivity index (χ4v) is 4.24. The van der Waals surface area contributed by atoms with Gasteiger partial charge in [-0.25, -0.2) is 0 Å². The molecule has 0 aromatic carbocycles. The molecule has 23 heavy (non-hydrogen) atoms. The number of halogens is 2. The highest BCUT2D eigenvalue weighted by atomic mass is 35.5. The van der Waals surface area contributed by atoms with Gasteiger partial charge < -0.3 is 10.2 Å². The van der Waals surface area contributed by atoms with Crippen LogP contribution in [0, 0.1) is 11.8 Å². The van der Waals surface area contributed by atoms with Gasteiger partial charge in [-0.2, -0.15) is 0 Å². The highest BCUT2D eigenvalue weighted by Crippen LogP contribution is 2.28. The van der Waals surface area contributed by atoms with Crippen molar-refractivity contribution in [3.05, 3.63) is 0 Å². The Morgan fingerprint density at radius 1 is 0.957 bits per heavy atom. The van der Waals surface area contributed by atoms with Gasteiger partial charge in [-0.3, -0.25) is 9.69 Å². The molecule has 0 aromatic heterocycles. The van der Waals surface area contributed by atoms with E-state index in [9.17, 15) is 4.79 Å². The van der Waals surface area contributed by atoms with Crippen LogP contribution in [0.4, 0.5) is 0 Å². The molecule has 0 bridgehead atoms. The lowest BCUT2D eigenvalue weighted by atomic mass is 9.86. The zero-order valence-electron chi connectivity index (χ0n) is 14.3. The summed E-state index contributed by atoms with van der Waals surface area (Å²) >= 11 is 0. The van der Waals surface area contributed by atoms with E-state index in [4.69, 9.17) is 0 Å². The summed E-state index contributed by atoms with van der Waals surface area (Å²) in [6, 6.07) is 0.787. The van der Waals surface area contributed by atoms with Crippen molar-refractivity contribution in [1.82, 2.24) is 15.1 Å². The fraction of sp³-hybridized carbons (Fsp3) is 0.941. The maximum Gasteiger partial charge on any atom is 0.227 e. The van der Waals surface area contributed by atoms with Gasteiger partial charge in [0.15, 0.2) is 0 Å². The molecular weight excluding hydrogens is 333 g/mol. The Hall–Kier alpha value is -0.0300. The van der Waals surface area contributed by atoms with E-state index in [1.54, 1.807) is 0 Å². The Morgan fingerprint density at radius 3 is 2.17 bits per heavy atom. The molecule has 2 saturated heterocycles. The van der Waals surface area contributed by atoms with Crippen LogP contribution >= 0.6 is 24.8 Å². The second kappa shape index (κ2) is 10.1. The zero-order valence-corrected chi connectivity index (χ0v) is 16.0. The SMILES string of the molecule is CC1CCC(N2CCN(C(=O)C3CCCNC3)CC2)CC1.Cl.Cl. The van der Waals surface area contributed by atoms with Gasteiger partial charge in [-0.15, -0.1) is 24.8 Å². The molecule has 0 radical (unpaired) electrons. The molecule has 3 aliphatic rings. The van der Waals surface area contributed by atoms with Crippen LogP contribution < -0.4 is 5.32 Å². The van der Waals surface area contributed by atoms with E-state index < -0.39 is 0 Å². The number of hydrogen-bond donors (Lipinski definition) is 1. The summed E-state index contributed by atoms with van der Waals surface area (Å²) in [4.78, 5) is 17.3. The van der Waals surface area contributed by atoms with Crippen molar-refractivity contribution in [3.8, 4) is 0 Å². The quantitative estimate of drug-likeness (QED) is 0.816. The summed E-state index contributed by atoms with van der Waals surface area (Å²) in [6.07, 6.45) is 7.72. The van der Waals surface area contributed by atoms with Gasteiger partial charge in [0.25, 0.3) is 0 Å². The van der Waals surface area contributed by atoms with Gasteiger partial charge >= 0.3 is 0 Å². The minimum absolute atomic E-state index is 0. The maximum atomic E-state index is 12.5. The summed E-state index contributed by atoms with van der Waals surface area (Å²) < 4.78 is 0. The lowest BCUT2D eigenvalue weighted by Crippen LogP contribution is -2.54. The highest BCUT2D eigenvalue weighted by molar-refractivity contribution is 5.85. The number of carbonyl (C=O) groups is 1. The predicted molar refractivity (Wildman–Crippen MR) is 99.7 cm³/mol. The van der Waals surface area contributed by atoms with Crippen molar-refractivity contribution in [2.75, 3.05) is 39.3 Å². The maximum absolute atomic E-state index is 12.5. The second-order valence-electron chi connectivity index (χ2n) is 7.32. The number of rotatable bonds is 2. The summed E-state index contributed by atoms with van der Waals surface area (Å²) in [5.41, 5.74) is 0. The normalized spacial score (nSPS) is 32.6. The Morgan fingerprint density at radius 2 is 1.61 bits per heavy atom. The number of hydrogen-bond acceptors (Lipinski definition) is 3. The third-order valence-electron chi connectivity index (χ3n) is 5.77. The summed E-state index contributed by atoms with van der Waals surface area (Å²) in [5, 5.41) is 3.36. The van der Waals surface area contributed by atoms with Gasteiger partial charge in [0.05, 0.1) is 5.92 Å². The van der Waals surface area contributed by atoms with E-state index in [0.29, 0.717) is 5.91 Å². The highest BCUT2D eigenvalue weighted by Gasteiger charge is 2.31. The van der Waals surface area contributed by atoms with Crippen molar-refractivity contribution in [2.45, 2.75) is 51.5 Å². The first kappa shape index (κ1) is 21.0. The first-order chi connectivity index (χ1) is 10.2. The van der Waals surface area contributed by atoms with E-state index >= 15 is 0 Å². The molecule has 2 heterocycles. The monoisotopic (exact) mass is 365 g/mol. The molecule has 0 aromatic rings. The fourth-order valence-electron chi connectivity index (χ4n) is 4.24. The van der Waals surface area contributed by atoms with E-state index in [-0.39, 0.29) is 30.7 Å². The third kappa shape index (κ3) is 5.48. The Balaban J connectivity index is 0.00000132. The molecule has 3 rings (SSSR count). The summed E-state index contributed by atoms with van der Waals surface area (Å²) in [6.45, 7) is 8.42. The summed E-state index contributed by atoms with van der Waals surface area (Å²) in [7, 11) is 0. The van der Waals surface area contributed by atoms with Gasteiger partial charge in [-0.05, 0) is 51.0 Å². The molecule has 6 heteroatoms. The molecule has 4 nitrogen and oxygen atoms in total. The molecular formula is C17H33Cl2N3O. The van der Waals surface area contributed by atoms with Gasteiger partial charge in [-0.1, -0.05) is 6.92 Å². The van der Waals surface area contributed by atoms with Gasteiger partial charge in [0, 0.05) is 38.8 Å². The summed E-state index contributed by atoms with van der Waals surface area (Å²) in [5.74, 6) is 1.56. The van der Waals surface area contributed by atoms with Crippen LogP contribution in [0.5, 0.6) is 0 Å². The number of nitrogens with one attached hydrogen (secondary N) is 1. The number of piperazine rings is 1. The Kier molecular flexibility index (Phi) is 9.20. The second-order valence-corrected chi connectivity index (χ2v) is 7.32. The van der Waals surface area contributed by atoms with Crippen LogP contribution in [0.2, 0.25) is 0 Å². The average molecular weight is 366 g/mol. The first-order valence-corrected chi connectivity index (χ1v) is 8.97. The van der Waals surface area contributed by atoms with Crippen LogP contribution in [-0.2, 0) is 4.79 Å². The van der Waals surface area contributed by atoms with E-state index in [0.717, 1.165) is 64.1 Å². The molecule has 1 saturated carbocycles. The van der Waals surface area contributed by atoms with Crippen LogP contribution in [0.1, 0.15) is 45.4 Å². The molecule has 3 fully saturated rings. The number of carbonyl (C=O) groups excluding carboxylic acids is 1. The van der Waals surface area contributed by atoms with Crippen molar-refractivity contribution in [1.29, 1.82) is 0 Å². The van der Waals surface area contributed by atoms with Crippen LogP contribution in [0.25, 0.3) is 0 Å². The molecule has 1 amide bonds. The molecule has 0 spiro atoms. The van der Waals surface area contributed by atoms with Crippen molar-refractivity contribution < 1.29 is 4.79 Å².